The molecule has 1 aliphatic heterocycles. The van der Waals surface area contributed by atoms with Gasteiger partial charge in [0.05, 0.1) is 12.3 Å². The van der Waals surface area contributed by atoms with Gasteiger partial charge in [-0.3, -0.25) is 4.68 Å². The third kappa shape index (κ3) is 3.33. The molecule has 0 radical (unpaired) electrons. The lowest BCUT2D eigenvalue weighted by Gasteiger charge is -2.22. The second kappa shape index (κ2) is 6.34. The summed E-state index contributed by atoms with van der Waals surface area (Å²) in [6, 6.07) is 3.07. The summed E-state index contributed by atoms with van der Waals surface area (Å²) in [5.74, 6) is 0.633. The first kappa shape index (κ1) is 13.6. The molecule has 0 spiro atoms. The van der Waals surface area contributed by atoms with Gasteiger partial charge in [0.15, 0.2) is 0 Å². The van der Waals surface area contributed by atoms with Crippen molar-refractivity contribution in [1.82, 2.24) is 15.1 Å². The fourth-order valence-corrected chi connectivity index (χ4v) is 2.54. The average molecular weight is 251 g/mol. The Bertz CT molecular complexity index is 356. The molecule has 1 aliphatic rings. The van der Waals surface area contributed by atoms with E-state index in [4.69, 9.17) is 4.74 Å². The maximum Gasteiger partial charge on any atom is 0.0640 e. The highest BCUT2D eigenvalue weighted by Gasteiger charge is 2.25. The molecule has 4 heteroatoms. The Labute approximate surface area is 110 Å². The quantitative estimate of drug-likeness (QED) is 0.840. The topological polar surface area (TPSA) is 39.1 Å². The van der Waals surface area contributed by atoms with Gasteiger partial charge in [-0.1, -0.05) is 6.92 Å². The molecule has 0 bridgehead atoms. The number of ether oxygens (including phenoxy) is 1. The van der Waals surface area contributed by atoms with Crippen molar-refractivity contribution in [3.05, 3.63) is 18.0 Å². The Morgan fingerprint density at radius 3 is 2.94 bits per heavy atom. The molecule has 2 unspecified atom stereocenters. The molecule has 2 atom stereocenters. The fraction of sp³-hybridized carbons (Fsp3) is 0.786. The number of hydrogen-bond acceptors (Lipinski definition) is 3. The van der Waals surface area contributed by atoms with Crippen LogP contribution in [0.2, 0.25) is 0 Å². The Hall–Kier alpha value is -0.870. The zero-order valence-electron chi connectivity index (χ0n) is 11.7. The van der Waals surface area contributed by atoms with E-state index in [0.29, 0.717) is 18.0 Å². The molecule has 1 aromatic rings. The van der Waals surface area contributed by atoms with E-state index in [1.807, 2.05) is 4.68 Å². The fourth-order valence-electron chi connectivity index (χ4n) is 2.54. The van der Waals surface area contributed by atoms with Crippen molar-refractivity contribution in [2.75, 3.05) is 19.8 Å². The van der Waals surface area contributed by atoms with Gasteiger partial charge in [-0.25, -0.2) is 0 Å². The lowest BCUT2D eigenvalue weighted by atomic mass is 9.95. The van der Waals surface area contributed by atoms with E-state index < -0.39 is 0 Å². The van der Waals surface area contributed by atoms with Gasteiger partial charge in [-0.15, -0.1) is 0 Å². The van der Waals surface area contributed by atoms with Crippen LogP contribution in [0.4, 0.5) is 0 Å². The van der Waals surface area contributed by atoms with Crippen LogP contribution >= 0.6 is 0 Å². The number of aromatic nitrogens is 2. The molecule has 1 N–H and O–H groups in total. The highest BCUT2D eigenvalue weighted by atomic mass is 16.5. The average Bonchev–Trinajstić information content (AvgIpc) is 2.99. The molecular weight excluding hydrogens is 226 g/mol. The summed E-state index contributed by atoms with van der Waals surface area (Å²) < 4.78 is 7.53. The second-order valence-corrected chi connectivity index (χ2v) is 5.37. The Balaban J connectivity index is 1.98. The number of likely N-dealkylation sites (N-methyl/N-ethyl adjacent to an activating group) is 1. The standard InChI is InChI=1S/C14H25N3O/c1-4-15-14(12-6-8-18-10-12)9-13-5-7-17(16-13)11(2)3/h5,7,11-12,14-15H,4,6,8-10H2,1-3H3. The Morgan fingerprint density at radius 1 is 1.56 bits per heavy atom. The van der Waals surface area contributed by atoms with Gasteiger partial charge in [0.1, 0.15) is 0 Å². The maximum atomic E-state index is 5.50. The van der Waals surface area contributed by atoms with E-state index in [2.05, 4.69) is 43.4 Å². The summed E-state index contributed by atoms with van der Waals surface area (Å²) in [7, 11) is 0. The molecular formula is C14H25N3O. The molecule has 0 saturated carbocycles. The van der Waals surface area contributed by atoms with Gasteiger partial charge < -0.3 is 10.1 Å². The van der Waals surface area contributed by atoms with Gasteiger partial charge in [0.2, 0.25) is 0 Å². The highest BCUT2D eigenvalue weighted by molar-refractivity contribution is 5.03. The van der Waals surface area contributed by atoms with Crippen molar-refractivity contribution in [3.63, 3.8) is 0 Å². The van der Waals surface area contributed by atoms with Crippen LogP contribution in [0.25, 0.3) is 0 Å². The first-order valence-corrected chi connectivity index (χ1v) is 7.06. The van der Waals surface area contributed by atoms with Gasteiger partial charge in [-0.05, 0) is 32.9 Å². The van der Waals surface area contributed by atoms with Crippen LogP contribution in [0.5, 0.6) is 0 Å². The van der Waals surface area contributed by atoms with E-state index in [-0.39, 0.29) is 0 Å². The molecule has 4 nitrogen and oxygen atoms in total. The normalized spacial score (nSPS) is 21.7. The lowest BCUT2D eigenvalue weighted by Crippen LogP contribution is -2.38. The van der Waals surface area contributed by atoms with Gasteiger partial charge in [0.25, 0.3) is 0 Å². The van der Waals surface area contributed by atoms with Gasteiger partial charge in [0, 0.05) is 37.2 Å². The number of nitrogens with one attached hydrogen (secondary N) is 1. The number of rotatable bonds is 6. The minimum atomic E-state index is 0.436. The minimum Gasteiger partial charge on any atom is -0.381 e. The summed E-state index contributed by atoms with van der Waals surface area (Å²) in [6.07, 6.45) is 4.25. The predicted octanol–water partition coefficient (Wildman–Crippen LogP) is 2.02. The maximum absolute atomic E-state index is 5.50. The van der Waals surface area contributed by atoms with E-state index >= 15 is 0 Å². The number of hydrogen-bond donors (Lipinski definition) is 1. The molecule has 0 aromatic carbocycles. The zero-order chi connectivity index (χ0) is 13.0. The van der Waals surface area contributed by atoms with Crippen LogP contribution in [0.3, 0.4) is 0 Å². The molecule has 102 valence electrons. The van der Waals surface area contributed by atoms with Gasteiger partial charge in [-0.2, -0.15) is 5.10 Å². The summed E-state index contributed by atoms with van der Waals surface area (Å²) in [4.78, 5) is 0. The van der Waals surface area contributed by atoms with Crippen LogP contribution < -0.4 is 5.32 Å². The van der Waals surface area contributed by atoms with E-state index in [1.54, 1.807) is 0 Å². The third-order valence-corrected chi connectivity index (χ3v) is 3.62. The molecule has 1 aromatic heterocycles. The van der Waals surface area contributed by atoms with Crippen LogP contribution in [0.15, 0.2) is 12.3 Å². The summed E-state index contributed by atoms with van der Waals surface area (Å²) >= 11 is 0. The van der Waals surface area contributed by atoms with Crippen molar-refractivity contribution in [1.29, 1.82) is 0 Å². The molecule has 1 saturated heterocycles. The van der Waals surface area contributed by atoms with Crippen LogP contribution in [0, 0.1) is 5.92 Å². The highest BCUT2D eigenvalue weighted by Crippen LogP contribution is 2.19. The van der Waals surface area contributed by atoms with E-state index in [0.717, 1.165) is 26.2 Å². The van der Waals surface area contributed by atoms with Crippen molar-refractivity contribution in [2.24, 2.45) is 5.92 Å². The third-order valence-electron chi connectivity index (χ3n) is 3.62. The molecule has 2 rings (SSSR count). The first-order chi connectivity index (χ1) is 8.70. The van der Waals surface area contributed by atoms with Crippen molar-refractivity contribution >= 4 is 0 Å². The van der Waals surface area contributed by atoms with Crippen LogP contribution in [0.1, 0.15) is 38.9 Å². The van der Waals surface area contributed by atoms with Gasteiger partial charge >= 0.3 is 0 Å². The molecule has 2 heterocycles. The van der Waals surface area contributed by atoms with Crippen molar-refractivity contribution < 1.29 is 4.74 Å². The first-order valence-electron chi connectivity index (χ1n) is 7.06. The molecule has 0 aliphatic carbocycles. The molecule has 1 fully saturated rings. The predicted molar refractivity (Wildman–Crippen MR) is 72.7 cm³/mol. The molecule has 18 heavy (non-hydrogen) atoms. The van der Waals surface area contributed by atoms with E-state index in [1.165, 1.54) is 12.1 Å². The Morgan fingerprint density at radius 2 is 2.39 bits per heavy atom. The SMILES string of the molecule is CCNC(Cc1ccn(C(C)C)n1)C1CCOC1. The number of nitrogens with zero attached hydrogens (tertiary/aromatic N) is 2. The van der Waals surface area contributed by atoms with E-state index in [9.17, 15) is 0 Å². The van der Waals surface area contributed by atoms with Crippen LogP contribution in [-0.2, 0) is 11.2 Å². The smallest absolute Gasteiger partial charge is 0.0640 e. The largest absolute Gasteiger partial charge is 0.381 e. The summed E-state index contributed by atoms with van der Waals surface area (Å²) in [6.45, 7) is 9.28. The summed E-state index contributed by atoms with van der Waals surface area (Å²) in [5.41, 5.74) is 1.18. The Kier molecular flexibility index (Phi) is 4.78. The zero-order valence-corrected chi connectivity index (χ0v) is 11.7. The molecule has 0 amide bonds. The van der Waals surface area contributed by atoms with Crippen LogP contribution in [-0.4, -0.2) is 35.6 Å². The van der Waals surface area contributed by atoms with Crippen molar-refractivity contribution in [3.8, 4) is 0 Å². The van der Waals surface area contributed by atoms with Crippen molar-refractivity contribution in [2.45, 2.75) is 45.7 Å². The lowest BCUT2D eigenvalue weighted by molar-refractivity contribution is 0.176. The second-order valence-electron chi connectivity index (χ2n) is 5.37. The minimum absolute atomic E-state index is 0.436. The monoisotopic (exact) mass is 251 g/mol. The summed E-state index contributed by atoms with van der Waals surface area (Å²) in [5, 5.41) is 8.22.